The van der Waals surface area contributed by atoms with Gasteiger partial charge in [-0.1, -0.05) is 6.92 Å². The van der Waals surface area contributed by atoms with Gasteiger partial charge in [0.1, 0.15) is 0 Å². The lowest BCUT2D eigenvalue weighted by atomic mass is 10.2. The number of aromatic nitrogens is 2. The number of aryl methyl sites for hydroxylation is 1. The normalized spacial score (nSPS) is 13.0. The van der Waals surface area contributed by atoms with Gasteiger partial charge >= 0.3 is 0 Å². The molecule has 1 N–H and O–H groups in total. The van der Waals surface area contributed by atoms with Crippen LogP contribution in [0.3, 0.4) is 0 Å². The fraction of sp³-hybridized carbons (Fsp3) is 0.727. The molecule has 1 rings (SSSR count). The monoisotopic (exact) mass is 227 g/mol. The van der Waals surface area contributed by atoms with E-state index in [9.17, 15) is 0 Å². The van der Waals surface area contributed by atoms with Crippen LogP contribution < -0.4 is 5.32 Å². The molecule has 1 aromatic rings. The molecule has 0 fully saturated rings. The molecule has 0 radical (unpaired) electrons. The van der Waals surface area contributed by atoms with Crippen LogP contribution in [-0.2, 0) is 13.5 Å². The number of nitrogens with one attached hydrogen (secondary N) is 1. The van der Waals surface area contributed by atoms with Gasteiger partial charge < -0.3 is 5.32 Å². The molecule has 0 saturated carbocycles. The van der Waals surface area contributed by atoms with Gasteiger partial charge in [-0.2, -0.15) is 16.9 Å². The number of hydrogen-bond acceptors (Lipinski definition) is 3. The van der Waals surface area contributed by atoms with Crippen molar-refractivity contribution in [3.05, 3.63) is 18.0 Å². The van der Waals surface area contributed by atoms with Crippen molar-refractivity contribution in [3.8, 4) is 0 Å². The summed E-state index contributed by atoms with van der Waals surface area (Å²) in [5.74, 6) is 1.99. The highest BCUT2D eigenvalue weighted by Gasteiger charge is 2.01. The van der Waals surface area contributed by atoms with Crippen LogP contribution in [0, 0.1) is 5.92 Å². The van der Waals surface area contributed by atoms with E-state index < -0.39 is 0 Å². The summed E-state index contributed by atoms with van der Waals surface area (Å²) >= 11 is 1.91. The molecule has 3 nitrogen and oxygen atoms in total. The zero-order valence-corrected chi connectivity index (χ0v) is 10.7. The minimum Gasteiger partial charge on any atom is -0.316 e. The fourth-order valence-electron chi connectivity index (χ4n) is 1.55. The van der Waals surface area contributed by atoms with Crippen LogP contribution in [0.2, 0.25) is 0 Å². The van der Waals surface area contributed by atoms with Crippen molar-refractivity contribution in [1.82, 2.24) is 15.1 Å². The third kappa shape index (κ3) is 4.71. The lowest BCUT2D eigenvalue weighted by Gasteiger charge is -2.10. The van der Waals surface area contributed by atoms with Crippen molar-refractivity contribution in [2.45, 2.75) is 13.3 Å². The Morgan fingerprint density at radius 1 is 1.60 bits per heavy atom. The maximum atomic E-state index is 4.15. The van der Waals surface area contributed by atoms with E-state index in [0.29, 0.717) is 0 Å². The Morgan fingerprint density at radius 3 is 3.00 bits per heavy atom. The van der Waals surface area contributed by atoms with Gasteiger partial charge in [0.2, 0.25) is 0 Å². The van der Waals surface area contributed by atoms with Crippen molar-refractivity contribution in [3.63, 3.8) is 0 Å². The van der Waals surface area contributed by atoms with E-state index in [4.69, 9.17) is 0 Å². The van der Waals surface area contributed by atoms with Crippen LogP contribution in [0.4, 0.5) is 0 Å². The first-order valence-corrected chi connectivity index (χ1v) is 6.80. The highest BCUT2D eigenvalue weighted by atomic mass is 32.2. The van der Waals surface area contributed by atoms with Crippen LogP contribution in [-0.4, -0.2) is 34.9 Å². The maximum Gasteiger partial charge on any atom is 0.0492 e. The summed E-state index contributed by atoms with van der Waals surface area (Å²) in [6, 6.07) is 2.08. The zero-order valence-electron chi connectivity index (χ0n) is 9.86. The molecule has 0 bridgehead atoms. The molecule has 0 aliphatic heterocycles. The Hall–Kier alpha value is -0.480. The number of thioether (sulfide) groups is 1. The van der Waals surface area contributed by atoms with Crippen molar-refractivity contribution in [2.75, 3.05) is 25.1 Å². The summed E-state index contributed by atoms with van der Waals surface area (Å²) in [6.45, 7) is 4.44. The SMILES string of the molecule is CSCC(C)CNCCc1ccnn1C. The highest BCUT2D eigenvalue weighted by Crippen LogP contribution is 2.02. The molecule has 15 heavy (non-hydrogen) atoms. The van der Waals surface area contributed by atoms with E-state index in [1.54, 1.807) is 0 Å². The largest absolute Gasteiger partial charge is 0.316 e. The van der Waals surface area contributed by atoms with E-state index in [0.717, 1.165) is 25.4 Å². The van der Waals surface area contributed by atoms with E-state index in [1.165, 1.54) is 11.4 Å². The number of nitrogens with zero attached hydrogens (tertiary/aromatic N) is 2. The Balaban J connectivity index is 2.09. The van der Waals surface area contributed by atoms with Gasteiger partial charge in [0.05, 0.1) is 0 Å². The zero-order chi connectivity index (χ0) is 11.1. The second kappa shape index (κ2) is 6.90. The van der Waals surface area contributed by atoms with Crippen molar-refractivity contribution in [1.29, 1.82) is 0 Å². The summed E-state index contributed by atoms with van der Waals surface area (Å²) in [6.07, 6.45) is 5.07. The standard InChI is InChI=1S/C11H21N3S/c1-10(9-15-3)8-12-6-4-11-5-7-13-14(11)2/h5,7,10,12H,4,6,8-9H2,1-3H3. The maximum absolute atomic E-state index is 4.15. The third-order valence-electron chi connectivity index (χ3n) is 2.42. The van der Waals surface area contributed by atoms with E-state index in [-0.39, 0.29) is 0 Å². The molecule has 4 heteroatoms. The van der Waals surface area contributed by atoms with E-state index in [1.807, 2.05) is 29.7 Å². The number of rotatable bonds is 7. The van der Waals surface area contributed by atoms with Gasteiger partial charge in [-0.25, -0.2) is 0 Å². The quantitative estimate of drug-likeness (QED) is 0.717. The van der Waals surface area contributed by atoms with Crippen molar-refractivity contribution < 1.29 is 0 Å². The minimum absolute atomic E-state index is 0.756. The van der Waals surface area contributed by atoms with E-state index >= 15 is 0 Å². The van der Waals surface area contributed by atoms with Gasteiger partial charge in [0, 0.05) is 31.9 Å². The molecule has 0 aliphatic rings. The molecule has 0 spiro atoms. The van der Waals surface area contributed by atoms with Crippen LogP contribution >= 0.6 is 11.8 Å². The van der Waals surface area contributed by atoms with Crippen LogP contribution in [0.1, 0.15) is 12.6 Å². The fourth-order valence-corrected chi connectivity index (χ4v) is 2.24. The second-order valence-corrected chi connectivity index (χ2v) is 4.87. The average molecular weight is 227 g/mol. The molecular weight excluding hydrogens is 206 g/mol. The van der Waals surface area contributed by atoms with Gasteiger partial charge in [0.15, 0.2) is 0 Å². The first kappa shape index (κ1) is 12.6. The van der Waals surface area contributed by atoms with Crippen LogP contribution in [0.25, 0.3) is 0 Å². The molecule has 0 amide bonds. The Morgan fingerprint density at radius 2 is 2.40 bits per heavy atom. The van der Waals surface area contributed by atoms with Crippen LogP contribution in [0.15, 0.2) is 12.3 Å². The van der Waals surface area contributed by atoms with Gasteiger partial charge in [-0.3, -0.25) is 4.68 Å². The van der Waals surface area contributed by atoms with Gasteiger partial charge in [-0.15, -0.1) is 0 Å². The van der Waals surface area contributed by atoms with Crippen molar-refractivity contribution in [2.24, 2.45) is 13.0 Å². The summed E-state index contributed by atoms with van der Waals surface area (Å²) in [5, 5.41) is 7.63. The topological polar surface area (TPSA) is 29.9 Å². The molecule has 0 saturated heterocycles. The second-order valence-electron chi connectivity index (χ2n) is 3.96. The smallest absolute Gasteiger partial charge is 0.0492 e. The third-order valence-corrected chi connectivity index (χ3v) is 3.33. The molecule has 1 heterocycles. The Labute approximate surface area is 96.6 Å². The molecule has 0 aliphatic carbocycles. The highest BCUT2D eigenvalue weighted by molar-refractivity contribution is 7.98. The average Bonchev–Trinajstić information content (AvgIpc) is 2.60. The molecule has 1 atom stereocenters. The summed E-state index contributed by atoms with van der Waals surface area (Å²) in [4.78, 5) is 0. The molecule has 0 aromatic carbocycles. The lowest BCUT2D eigenvalue weighted by Crippen LogP contribution is -2.25. The molecule has 1 aromatic heterocycles. The Kier molecular flexibility index (Phi) is 5.79. The molecular formula is C11H21N3S. The molecule has 86 valence electrons. The summed E-state index contributed by atoms with van der Waals surface area (Å²) in [5.41, 5.74) is 1.29. The minimum atomic E-state index is 0.756. The van der Waals surface area contributed by atoms with Crippen LogP contribution in [0.5, 0.6) is 0 Å². The van der Waals surface area contributed by atoms with Gasteiger partial charge in [-0.05, 0) is 30.5 Å². The Bertz CT molecular complexity index is 273. The summed E-state index contributed by atoms with van der Waals surface area (Å²) in [7, 11) is 1.99. The van der Waals surface area contributed by atoms with Gasteiger partial charge in [0.25, 0.3) is 0 Å². The number of hydrogen-bond donors (Lipinski definition) is 1. The first-order valence-electron chi connectivity index (χ1n) is 5.40. The first-order chi connectivity index (χ1) is 7.24. The molecule has 1 unspecified atom stereocenters. The van der Waals surface area contributed by atoms with E-state index in [2.05, 4.69) is 29.7 Å². The lowest BCUT2D eigenvalue weighted by molar-refractivity contribution is 0.553. The predicted octanol–water partition coefficient (Wildman–Crippen LogP) is 1.55. The summed E-state index contributed by atoms with van der Waals surface area (Å²) < 4.78 is 1.94. The van der Waals surface area contributed by atoms with Crippen molar-refractivity contribution >= 4 is 11.8 Å². The predicted molar refractivity (Wildman–Crippen MR) is 67.3 cm³/mol.